The van der Waals surface area contributed by atoms with Crippen LogP contribution in [-0.2, 0) is 19.6 Å². The molecule has 0 radical (unpaired) electrons. The van der Waals surface area contributed by atoms with Crippen molar-refractivity contribution < 1.29 is 19.6 Å². The van der Waals surface area contributed by atoms with Crippen LogP contribution in [0.15, 0.2) is 12.7 Å². The molecule has 1 saturated heterocycles. The van der Waals surface area contributed by atoms with E-state index in [0.29, 0.717) is 13.2 Å². The smallest absolute Gasteiger partial charge is 0.231 e. The standard InChI is InChI=1S/C11H20O4S/c1-4-5-6-9-16-11(2,3)10-14-12-7-8-13-15-10/h4,10H,1,5-9H2,2-3H3. The Balaban J connectivity index is 2.31. The van der Waals surface area contributed by atoms with Crippen LogP contribution in [0, 0.1) is 0 Å². The van der Waals surface area contributed by atoms with Gasteiger partial charge >= 0.3 is 0 Å². The lowest BCUT2D eigenvalue weighted by Crippen LogP contribution is -2.37. The van der Waals surface area contributed by atoms with Crippen molar-refractivity contribution in [1.29, 1.82) is 0 Å². The summed E-state index contributed by atoms with van der Waals surface area (Å²) in [4.78, 5) is 20.2. The molecule has 94 valence electrons. The van der Waals surface area contributed by atoms with Gasteiger partial charge in [-0.15, -0.1) is 6.58 Å². The predicted octanol–water partition coefficient (Wildman–Crippen LogP) is 2.70. The fraction of sp³-hybridized carbons (Fsp3) is 0.818. The molecule has 0 N–H and O–H groups in total. The minimum Gasteiger partial charge on any atom is -0.231 e. The van der Waals surface area contributed by atoms with Crippen molar-refractivity contribution in [3.8, 4) is 0 Å². The van der Waals surface area contributed by atoms with Gasteiger partial charge in [0.25, 0.3) is 0 Å². The Labute approximate surface area is 101 Å². The third kappa shape index (κ3) is 4.84. The van der Waals surface area contributed by atoms with Crippen LogP contribution in [0.2, 0.25) is 0 Å². The first-order valence-corrected chi connectivity index (χ1v) is 6.47. The van der Waals surface area contributed by atoms with Gasteiger partial charge in [0.05, 0.1) is 4.75 Å². The number of hydrogen-bond acceptors (Lipinski definition) is 5. The number of hydrogen-bond donors (Lipinski definition) is 0. The largest absolute Gasteiger partial charge is 0.238 e. The maximum Gasteiger partial charge on any atom is 0.238 e. The molecule has 0 atom stereocenters. The normalized spacial score (nSPS) is 19.4. The van der Waals surface area contributed by atoms with E-state index in [1.165, 1.54) is 0 Å². The zero-order chi connectivity index (χ0) is 11.9. The highest BCUT2D eigenvalue weighted by molar-refractivity contribution is 8.00. The van der Waals surface area contributed by atoms with Crippen LogP contribution >= 0.6 is 11.8 Å². The van der Waals surface area contributed by atoms with Crippen LogP contribution < -0.4 is 0 Å². The molecule has 1 aliphatic rings. The first kappa shape index (κ1) is 14.0. The maximum atomic E-state index is 5.14. The Morgan fingerprint density at radius 2 is 1.94 bits per heavy atom. The lowest BCUT2D eigenvalue weighted by atomic mass is 10.2. The molecule has 1 fully saturated rings. The molecule has 0 spiro atoms. The third-order valence-corrected chi connectivity index (χ3v) is 3.58. The first-order valence-electron chi connectivity index (χ1n) is 5.48. The molecule has 0 saturated carbocycles. The van der Waals surface area contributed by atoms with Crippen LogP contribution in [0.4, 0.5) is 0 Å². The van der Waals surface area contributed by atoms with E-state index in [9.17, 15) is 0 Å². The van der Waals surface area contributed by atoms with Crippen LogP contribution in [0.25, 0.3) is 0 Å². The molecule has 0 amide bonds. The number of thioether (sulfide) groups is 1. The van der Waals surface area contributed by atoms with Crippen molar-refractivity contribution in [3.63, 3.8) is 0 Å². The van der Waals surface area contributed by atoms with Crippen molar-refractivity contribution in [2.75, 3.05) is 19.0 Å². The van der Waals surface area contributed by atoms with Gasteiger partial charge in [-0.05, 0) is 32.4 Å². The Morgan fingerprint density at radius 1 is 1.31 bits per heavy atom. The number of allylic oxidation sites excluding steroid dienone is 1. The summed E-state index contributed by atoms with van der Waals surface area (Å²) >= 11 is 1.78. The molecular formula is C11H20O4S. The van der Waals surface area contributed by atoms with Gasteiger partial charge in [0.15, 0.2) is 0 Å². The van der Waals surface area contributed by atoms with Crippen molar-refractivity contribution in [3.05, 3.63) is 12.7 Å². The molecule has 0 aromatic heterocycles. The molecule has 4 nitrogen and oxygen atoms in total. The SMILES string of the molecule is C=CCCCSC(C)(C)C1OOCCOO1. The van der Waals surface area contributed by atoms with E-state index in [0.717, 1.165) is 18.6 Å². The van der Waals surface area contributed by atoms with Crippen LogP contribution in [-0.4, -0.2) is 30.0 Å². The van der Waals surface area contributed by atoms with E-state index in [1.54, 1.807) is 11.8 Å². The summed E-state index contributed by atoms with van der Waals surface area (Å²) in [7, 11) is 0. The van der Waals surface area contributed by atoms with Crippen molar-refractivity contribution in [2.24, 2.45) is 0 Å². The Bertz CT molecular complexity index is 200. The van der Waals surface area contributed by atoms with Gasteiger partial charge in [0.1, 0.15) is 13.2 Å². The predicted molar refractivity (Wildman–Crippen MR) is 63.8 cm³/mol. The summed E-state index contributed by atoms with van der Waals surface area (Å²) in [5.41, 5.74) is 0. The molecule has 1 rings (SSSR count). The quantitative estimate of drug-likeness (QED) is 0.410. The van der Waals surface area contributed by atoms with Gasteiger partial charge in [-0.25, -0.2) is 9.78 Å². The highest BCUT2D eigenvalue weighted by Crippen LogP contribution is 2.32. The summed E-state index contributed by atoms with van der Waals surface area (Å²) in [5, 5.41) is 0. The summed E-state index contributed by atoms with van der Waals surface area (Å²) in [5.74, 6) is 1.03. The molecule has 0 aromatic carbocycles. The highest BCUT2D eigenvalue weighted by Gasteiger charge is 2.35. The first-order chi connectivity index (χ1) is 7.67. The zero-order valence-electron chi connectivity index (χ0n) is 9.94. The van der Waals surface area contributed by atoms with Crippen LogP contribution in [0.5, 0.6) is 0 Å². The van der Waals surface area contributed by atoms with E-state index in [-0.39, 0.29) is 4.75 Å². The molecular weight excluding hydrogens is 228 g/mol. The topological polar surface area (TPSA) is 36.9 Å². The second-order valence-electron chi connectivity index (χ2n) is 4.05. The Morgan fingerprint density at radius 3 is 2.50 bits per heavy atom. The van der Waals surface area contributed by atoms with Crippen molar-refractivity contribution in [1.82, 2.24) is 0 Å². The van der Waals surface area contributed by atoms with Gasteiger partial charge in [0.2, 0.25) is 6.29 Å². The average molecular weight is 248 g/mol. The average Bonchev–Trinajstić information content (AvgIpc) is 2.53. The van der Waals surface area contributed by atoms with Gasteiger partial charge in [-0.3, -0.25) is 0 Å². The minimum atomic E-state index is -0.497. The molecule has 0 bridgehead atoms. The molecule has 0 aromatic rings. The minimum absolute atomic E-state index is 0.203. The lowest BCUT2D eigenvalue weighted by Gasteiger charge is -2.29. The number of unbranched alkanes of at least 4 members (excludes halogenated alkanes) is 1. The zero-order valence-corrected chi connectivity index (χ0v) is 10.8. The van der Waals surface area contributed by atoms with Gasteiger partial charge in [0, 0.05) is 0 Å². The van der Waals surface area contributed by atoms with E-state index >= 15 is 0 Å². The van der Waals surface area contributed by atoms with E-state index in [4.69, 9.17) is 19.6 Å². The van der Waals surface area contributed by atoms with Gasteiger partial charge in [-0.1, -0.05) is 6.08 Å². The molecule has 1 aliphatic heterocycles. The second-order valence-corrected chi connectivity index (χ2v) is 5.80. The van der Waals surface area contributed by atoms with Crippen molar-refractivity contribution >= 4 is 11.8 Å². The molecule has 0 unspecified atom stereocenters. The fourth-order valence-electron chi connectivity index (χ4n) is 1.17. The molecule has 1 heterocycles. The molecule has 5 heteroatoms. The summed E-state index contributed by atoms with van der Waals surface area (Å²) < 4.78 is -0.203. The van der Waals surface area contributed by atoms with Gasteiger partial charge < -0.3 is 0 Å². The summed E-state index contributed by atoms with van der Waals surface area (Å²) in [6, 6.07) is 0. The van der Waals surface area contributed by atoms with Crippen LogP contribution in [0.3, 0.4) is 0 Å². The Hall–Kier alpha value is -0.0700. The number of rotatable bonds is 6. The molecule has 16 heavy (non-hydrogen) atoms. The van der Waals surface area contributed by atoms with E-state index in [1.807, 2.05) is 19.9 Å². The lowest BCUT2D eigenvalue weighted by molar-refractivity contribution is -0.429. The van der Waals surface area contributed by atoms with E-state index < -0.39 is 6.29 Å². The maximum absolute atomic E-state index is 5.14. The summed E-state index contributed by atoms with van der Waals surface area (Å²) in [6.45, 7) is 8.59. The Kier molecular flexibility index (Phi) is 6.38. The monoisotopic (exact) mass is 248 g/mol. The summed E-state index contributed by atoms with van der Waals surface area (Å²) in [6.07, 6.45) is 3.57. The third-order valence-electron chi connectivity index (χ3n) is 2.16. The fourth-order valence-corrected chi connectivity index (χ4v) is 2.22. The second kappa shape index (κ2) is 7.29. The molecule has 0 aliphatic carbocycles. The van der Waals surface area contributed by atoms with Crippen LogP contribution in [0.1, 0.15) is 26.7 Å². The van der Waals surface area contributed by atoms with E-state index in [2.05, 4.69) is 6.58 Å². The van der Waals surface area contributed by atoms with Crippen molar-refractivity contribution in [2.45, 2.75) is 37.7 Å². The van der Waals surface area contributed by atoms with Gasteiger partial charge in [-0.2, -0.15) is 21.5 Å². The highest BCUT2D eigenvalue weighted by atomic mass is 32.2.